The first-order chi connectivity index (χ1) is 9.60. The van der Waals surface area contributed by atoms with Gasteiger partial charge in [-0.05, 0) is 69.1 Å². The zero-order valence-electron chi connectivity index (χ0n) is 12.5. The summed E-state index contributed by atoms with van der Waals surface area (Å²) < 4.78 is 0. The molecule has 20 heavy (non-hydrogen) atoms. The van der Waals surface area contributed by atoms with Gasteiger partial charge in [0.05, 0.1) is 0 Å². The summed E-state index contributed by atoms with van der Waals surface area (Å²) in [6, 6.07) is 6.22. The Labute approximate surface area is 127 Å². The summed E-state index contributed by atoms with van der Waals surface area (Å²) >= 11 is 5.04. The van der Waals surface area contributed by atoms with E-state index in [0.29, 0.717) is 4.99 Å². The lowest BCUT2D eigenvalue weighted by molar-refractivity contribution is 0.198. The number of nitrogens with two attached hydrogens (primary N) is 1. The molecule has 0 bridgehead atoms. The van der Waals surface area contributed by atoms with Crippen molar-refractivity contribution in [1.29, 1.82) is 0 Å². The van der Waals surface area contributed by atoms with E-state index >= 15 is 0 Å². The minimum absolute atomic E-state index is 0.473. The molecule has 1 saturated heterocycles. The van der Waals surface area contributed by atoms with Gasteiger partial charge in [0.25, 0.3) is 0 Å². The second-order valence-electron chi connectivity index (χ2n) is 5.65. The van der Waals surface area contributed by atoms with E-state index in [1.54, 1.807) is 0 Å². The van der Waals surface area contributed by atoms with E-state index in [-0.39, 0.29) is 0 Å². The average Bonchev–Trinajstić information content (AvgIpc) is 2.45. The molecule has 3 nitrogen and oxygen atoms in total. The van der Waals surface area contributed by atoms with E-state index < -0.39 is 0 Å². The Hall–Kier alpha value is -1.13. The Kier molecular flexibility index (Phi) is 5.38. The molecule has 1 aliphatic rings. The standard InChI is InChI=1S/C16H25N3S/c1-3-19-8-6-13(7-9-19)11-18-14-4-5-15(16(17)20)12(2)10-14/h4-5,10,13,18H,3,6-9,11H2,1-2H3,(H2,17,20). The van der Waals surface area contributed by atoms with E-state index in [1.807, 2.05) is 6.07 Å². The highest BCUT2D eigenvalue weighted by atomic mass is 32.1. The smallest absolute Gasteiger partial charge is 0.104 e. The van der Waals surface area contributed by atoms with Crippen LogP contribution in [-0.2, 0) is 0 Å². The van der Waals surface area contributed by atoms with Crippen LogP contribution in [0.3, 0.4) is 0 Å². The van der Waals surface area contributed by atoms with Gasteiger partial charge in [0.1, 0.15) is 4.99 Å². The fraction of sp³-hybridized carbons (Fsp3) is 0.562. The molecule has 0 spiro atoms. The number of benzene rings is 1. The molecule has 0 atom stereocenters. The van der Waals surface area contributed by atoms with Gasteiger partial charge in [0, 0.05) is 17.8 Å². The van der Waals surface area contributed by atoms with Gasteiger partial charge >= 0.3 is 0 Å². The highest BCUT2D eigenvalue weighted by molar-refractivity contribution is 7.80. The van der Waals surface area contributed by atoms with Crippen LogP contribution in [0.15, 0.2) is 18.2 Å². The first-order valence-electron chi connectivity index (χ1n) is 7.46. The van der Waals surface area contributed by atoms with Crippen molar-refractivity contribution in [3.05, 3.63) is 29.3 Å². The number of likely N-dealkylation sites (tertiary alicyclic amines) is 1. The number of nitrogens with one attached hydrogen (secondary N) is 1. The Morgan fingerprint density at radius 2 is 2.10 bits per heavy atom. The highest BCUT2D eigenvalue weighted by Crippen LogP contribution is 2.19. The number of aryl methyl sites for hydroxylation is 1. The van der Waals surface area contributed by atoms with Crippen LogP contribution < -0.4 is 11.1 Å². The molecule has 0 saturated carbocycles. The van der Waals surface area contributed by atoms with Gasteiger partial charge in [0.2, 0.25) is 0 Å². The molecule has 0 radical (unpaired) electrons. The zero-order valence-corrected chi connectivity index (χ0v) is 13.3. The van der Waals surface area contributed by atoms with Gasteiger partial charge in [-0.3, -0.25) is 0 Å². The first-order valence-corrected chi connectivity index (χ1v) is 7.87. The molecule has 0 aromatic heterocycles. The zero-order chi connectivity index (χ0) is 14.5. The summed E-state index contributed by atoms with van der Waals surface area (Å²) in [6.07, 6.45) is 2.59. The third-order valence-corrected chi connectivity index (χ3v) is 4.46. The SMILES string of the molecule is CCN1CCC(CNc2ccc(C(N)=S)c(C)c2)CC1. The predicted molar refractivity (Wildman–Crippen MR) is 90.4 cm³/mol. The Balaban J connectivity index is 1.85. The Morgan fingerprint density at radius 1 is 1.40 bits per heavy atom. The summed E-state index contributed by atoms with van der Waals surface area (Å²) in [6.45, 7) is 9.01. The van der Waals surface area contributed by atoms with Crippen molar-refractivity contribution in [3.63, 3.8) is 0 Å². The maximum Gasteiger partial charge on any atom is 0.104 e. The van der Waals surface area contributed by atoms with Crippen molar-refractivity contribution in [1.82, 2.24) is 4.90 Å². The Morgan fingerprint density at radius 3 is 2.65 bits per heavy atom. The second-order valence-corrected chi connectivity index (χ2v) is 6.09. The quantitative estimate of drug-likeness (QED) is 0.819. The van der Waals surface area contributed by atoms with Crippen LogP contribution in [0.5, 0.6) is 0 Å². The number of rotatable bonds is 5. The summed E-state index contributed by atoms with van der Waals surface area (Å²) in [7, 11) is 0. The molecular weight excluding hydrogens is 266 g/mol. The molecule has 2 rings (SSSR count). The number of nitrogens with zero attached hydrogens (tertiary/aromatic N) is 1. The van der Waals surface area contributed by atoms with Crippen LogP contribution in [0.1, 0.15) is 30.9 Å². The summed E-state index contributed by atoms with van der Waals surface area (Å²) in [4.78, 5) is 3.00. The molecule has 1 aromatic rings. The van der Waals surface area contributed by atoms with Crippen molar-refractivity contribution in [3.8, 4) is 0 Å². The lowest BCUT2D eigenvalue weighted by Crippen LogP contribution is -2.35. The van der Waals surface area contributed by atoms with Crippen LogP contribution in [-0.4, -0.2) is 36.1 Å². The van der Waals surface area contributed by atoms with Crippen molar-refractivity contribution in [2.75, 3.05) is 31.5 Å². The van der Waals surface area contributed by atoms with Crippen molar-refractivity contribution in [2.24, 2.45) is 11.7 Å². The maximum atomic E-state index is 5.69. The minimum atomic E-state index is 0.473. The Bertz CT molecular complexity index is 465. The van der Waals surface area contributed by atoms with E-state index in [9.17, 15) is 0 Å². The van der Waals surface area contributed by atoms with Gasteiger partial charge in [-0.2, -0.15) is 0 Å². The van der Waals surface area contributed by atoms with Gasteiger partial charge in [-0.15, -0.1) is 0 Å². The lowest BCUT2D eigenvalue weighted by atomic mass is 9.96. The molecule has 0 unspecified atom stereocenters. The van der Waals surface area contributed by atoms with Crippen LogP contribution in [0, 0.1) is 12.8 Å². The molecular formula is C16H25N3S. The molecule has 1 aromatic carbocycles. The molecule has 1 fully saturated rings. The molecule has 3 N–H and O–H groups in total. The normalized spacial score (nSPS) is 17.1. The molecule has 1 aliphatic heterocycles. The molecule has 4 heteroatoms. The number of anilines is 1. The summed E-state index contributed by atoms with van der Waals surface area (Å²) in [5.74, 6) is 0.786. The summed E-state index contributed by atoms with van der Waals surface area (Å²) in [5, 5.41) is 3.55. The van der Waals surface area contributed by atoms with E-state index in [1.165, 1.54) is 38.2 Å². The molecule has 0 amide bonds. The minimum Gasteiger partial charge on any atom is -0.389 e. The van der Waals surface area contributed by atoms with Crippen molar-refractivity contribution >= 4 is 22.9 Å². The predicted octanol–water partition coefficient (Wildman–Crippen LogP) is 2.77. The van der Waals surface area contributed by atoms with E-state index in [2.05, 4.69) is 36.2 Å². The molecule has 110 valence electrons. The van der Waals surface area contributed by atoms with E-state index in [4.69, 9.17) is 18.0 Å². The highest BCUT2D eigenvalue weighted by Gasteiger charge is 2.17. The average molecular weight is 291 g/mol. The van der Waals surface area contributed by atoms with Crippen molar-refractivity contribution in [2.45, 2.75) is 26.7 Å². The maximum absolute atomic E-state index is 5.69. The van der Waals surface area contributed by atoms with Crippen LogP contribution >= 0.6 is 12.2 Å². The van der Waals surface area contributed by atoms with Crippen LogP contribution in [0.2, 0.25) is 0 Å². The van der Waals surface area contributed by atoms with Crippen molar-refractivity contribution < 1.29 is 0 Å². The lowest BCUT2D eigenvalue weighted by Gasteiger charge is -2.31. The molecule has 1 heterocycles. The largest absolute Gasteiger partial charge is 0.389 e. The third-order valence-electron chi connectivity index (χ3n) is 4.24. The summed E-state index contributed by atoms with van der Waals surface area (Å²) in [5.41, 5.74) is 8.97. The monoisotopic (exact) mass is 291 g/mol. The van der Waals surface area contributed by atoms with Crippen LogP contribution in [0.4, 0.5) is 5.69 Å². The van der Waals surface area contributed by atoms with Crippen LogP contribution in [0.25, 0.3) is 0 Å². The first kappa shape index (κ1) is 15.3. The fourth-order valence-corrected chi connectivity index (χ4v) is 3.05. The van der Waals surface area contributed by atoms with Gasteiger partial charge in [-0.1, -0.05) is 19.1 Å². The van der Waals surface area contributed by atoms with Gasteiger partial charge in [0.15, 0.2) is 0 Å². The topological polar surface area (TPSA) is 41.3 Å². The number of thiocarbonyl (C=S) groups is 1. The van der Waals surface area contributed by atoms with Gasteiger partial charge < -0.3 is 16.0 Å². The second kappa shape index (κ2) is 7.04. The number of hydrogen-bond acceptors (Lipinski definition) is 3. The third kappa shape index (κ3) is 3.93. The number of piperidine rings is 1. The number of hydrogen-bond donors (Lipinski definition) is 2. The van der Waals surface area contributed by atoms with E-state index in [0.717, 1.165) is 23.6 Å². The fourth-order valence-electron chi connectivity index (χ4n) is 2.82. The molecule has 0 aliphatic carbocycles. The van der Waals surface area contributed by atoms with Gasteiger partial charge in [-0.25, -0.2) is 0 Å².